The van der Waals surface area contributed by atoms with E-state index in [9.17, 15) is 4.79 Å². The number of carbonyl (C=O) groups excluding carboxylic acids is 1. The van der Waals surface area contributed by atoms with E-state index >= 15 is 0 Å². The first kappa shape index (κ1) is 16.5. The Morgan fingerprint density at radius 1 is 1.27 bits per heavy atom. The quantitative estimate of drug-likeness (QED) is 0.600. The number of allylic oxidation sites excluding steroid dienone is 1. The van der Waals surface area contributed by atoms with Crippen molar-refractivity contribution in [2.75, 3.05) is 5.75 Å². The molecule has 0 unspecified atom stereocenters. The van der Waals surface area contributed by atoms with Gasteiger partial charge < -0.3 is 0 Å². The zero-order valence-electron chi connectivity index (χ0n) is 13.2. The molecule has 1 heterocycles. The summed E-state index contributed by atoms with van der Waals surface area (Å²) in [6, 6.07) is 9.91. The van der Waals surface area contributed by atoms with Crippen LogP contribution in [0.4, 0.5) is 0 Å². The minimum Gasteiger partial charge on any atom is -0.298 e. The first-order valence-electron chi connectivity index (χ1n) is 7.19. The van der Waals surface area contributed by atoms with E-state index in [2.05, 4.69) is 16.8 Å². The molecule has 0 aliphatic carbocycles. The monoisotopic (exact) mass is 315 g/mol. The second-order valence-corrected chi connectivity index (χ2v) is 6.98. The van der Waals surface area contributed by atoms with Gasteiger partial charge in [-0.15, -0.1) is 16.8 Å². The third-order valence-corrected chi connectivity index (χ3v) is 4.20. The van der Waals surface area contributed by atoms with Crippen molar-refractivity contribution in [2.45, 2.75) is 32.5 Å². The lowest BCUT2D eigenvalue weighted by Crippen LogP contribution is -2.22. The lowest BCUT2D eigenvalue weighted by atomic mass is 9.92. The molecule has 0 aliphatic rings. The van der Waals surface area contributed by atoms with E-state index in [1.165, 1.54) is 11.8 Å². The topological polar surface area (TPSA) is 47.8 Å². The predicted molar refractivity (Wildman–Crippen MR) is 90.8 cm³/mol. The highest BCUT2D eigenvalue weighted by Crippen LogP contribution is 2.26. The van der Waals surface area contributed by atoms with Gasteiger partial charge >= 0.3 is 0 Å². The van der Waals surface area contributed by atoms with Gasteiger partial charge in [0.15, 0.2) is 11.0 Å². The molecule has 1 aromatic heterocycles. The molecule has 0 atom stereocenters. The summed E-state index contributed by atoms with van der Waals surface area (Å²) in [6.45, 7) is 10.2. The molecule has 1 aromatic carbocycles. The molecule has 2 aromatic rings. The van der Waals surface area contributed by atoms with Crippen LogP contribution in [0.15, 0.2) is 48.1 Å². The van der Waals surface area contributed by atoms with Crippen molar-refractivity contribution in [1.82, 2.24) is 14.8 Å². The van der Waals surface area contributed by atoms with Gasteiger partial charge in [0.05, 0.1) is 5.75 Å². The van der Waals surface area contributed by atoms with Gasteiger partial charge in [0, 0.05) is 17.5 Å². The number of rotatable bonds is 6. The van der Waals surface area contributed by atoms with E-state index in [1.807, 2.05) is 61.7 Å². The van der Waals surface area contributed by atoms with Crippen LogP contribution >= 0.6 is 11.8 Å². The summed E-state index contributed by atoms with van der Waals surface area (Å²) in [5.41, 5.74) is 0.671. The van der Waals surface area contributed by atoms with Gasteiger partial charge in [-0.05, 0) is 0 Å². The number of thioether (sulfide) groups is 1. The van der Waals surface area contributed by atoms with E-state index in [-0.39, 0.29) is 11.2 Å². The van der Waals surface area contributed by atoms with Gasteiger partial charge in [0.2, 0.25) is 0 Å². The predicted octanol–water partition coefficient (Wildman–Crippen LogP) is 3.84. The Hall–Kier alpha value is -1.88. The number of ketones is 1. The summed E-state index contributed by atoms with van der Waals surface area (Å²) in [7, 11) is 0. The number of nitrogens with zero attached hydrogens (tertiary/aromatic N) is 3. The maximum atomic E-state index is 12.1. The van der Waals surface area contributed by atoms with Crippen LogP contribution in [-0.2, 0) is 11.3 Å². The molecule has 0 N–H and O–H groups in total. The normalized spacial score (nSPS) is 11.4. The van der Waals surface area contributed by atoms with Crippen LogP contribution in [0.2, 0.25) is 0 Å². The lowest BCUT2D eigenvalue weighted by molar-refractivity contribution is -0.123. The number of Topliss-reactive ketones (excluding diaryl/α,β-unsaturated/α-hetero) is 1. The number of hydrogen-bond donors (Lipinski definition) is 0. The van der Waals surface area contributed by atoms with Crippen LogP contribution in [0.1, 0.15) is 20.8 Å². The number of hydrogen-bond acceptors (Lipinski definition) is 4. The number of carbonyl (C=O) groups is 1. The molecule has 0 bridgehead atoms. The lowest BCUT2D eigenvalue weighted by Gasteiger charge is -2.15. The molecule has 4 nitrogen and oxygen atoms in total. The van der Waals surface area contributed by atoms with Crippen LogP contribution in [0.25, 0.3) is 11.4 Å². The molecule has 0 saturated heterocycles. The SMILES string of the molecule is C=CCn1c(SCC(=O)C(C)(C)C)nnc1-c1ccccc1. The summed E-state index contributed by atoms with van der Waals surface area (Å²) >= 11 is 1.43. The van der Waals surface area contributed by atoms with Crippen LogP contribution in [0.3, 0.4) is 0 Å². The van der Waals surface area contributed by atoms with Crippen LogP contribution < -0.4 is 0 Å². The molecule has 0 radical (unpaired) electrons. The van der Waals surface area contributed by atoms with E-state index in [1.54, 1.807) is 0 Å². The second-order valence-electron chi connectivity index (χ2n) is 6.03. The zero-order valence-corrected chi connectivity index (χ0v) is 14.1. The molecule has 2 rings (SSSR count). The van der Waals surface area contributed by atoms with Crippen LogP contribution in [0.5, 0.6) is 0 Å². The standard InChI is InChI=1S/C17H21N3OS/c1-5-11-20-15(13-9-7-6-8-10-13)18-19-16(20)22-12-14(21)17(2,3)4/h5-10H,1,11-12H2,2-4H3. The van der Waals surface area contributed by atoms with Crippen molar-refractivity contribution >= 4 is 17.5 Å². The van der Waals surface area contributed by atoms with E-state index in [4.69, 9.17) is 0 Å². The largest absolute Gasteiger partial charge is 0.298 e. The Morgan fingerprint density at radius 2 is 1.95 bits per heavy atom. The molecule has 0 saturated carbocycles. The third-order valence-electron chi connectivity index (χ3n) is 3.23. The van der Waals surface area contributed by atoms with Crippen LogP contribution in [-0.4, -0.2) is 26.3 Å². The molecule has 0 fully saturated rings. The van der Waals surface area contributed by atoms with Crippen LogP contribution in [0, 0.1) is 5.41 Å². The Labute approximate surface area is 135 Å². The van der Waals surface area contributed by atoms with E-state index in [0.717, 1.165) is 16.5 Å². The van der Waals surface area contributed by atoms with Gasteiger partial charge in [-0.2, -0.15) is 0 Å². The van der Waals surface area contributed by atoms with Crippen molar-refractivity contribution in [3.63, 3.8) is 0 Å². The van der Waals surface area contributed by atoms with Gasteiger partial charge in [-0.3, -0.25) is 9.36 Å². The minimum atomic E-state index is -0.335. The summed E-state index contributed by atoms with van der Waals surface area (Å²) in [5, 5.41) is 9.27. The fourth-order valence-electron chi connectivity index (χ4n) is 1.84. The fraction of sp³-hybridized carbons (Fsp3) is 0.353. The second kappa shape index (κ2) is 6.92. The molecule has 0 aliphatic heterocycles. The van der Waals surface area contributed by atoms with Crippen molar-refractivity contribution in [2.24, 2.45) is 5.41 Å². The molecule has 0 amide bonds. The Bertz CT molecular complexity index is 656. The van der Waals surface area contributed by atoms with E-state index < -0.39 is 0 Å². The Morgan fingerprint density at radius 3 is 2.55 bits per heavy atom. The Kier molecular flexibility index (Phi) is 5.19. The maximum absolute atomic E-state index is 12.1. The third kappa shape index (κ3) is 3.85. The Balaban J connectivity index is 2.24. The van der Waals surface area contributed by atoms with Crippen molar-refractivity contribution in [3.05, 3.63) is 43.0 Å². The summed E-state index contributed by atoms with van der Waals surface area (Å²) in [4.78, 5) is 12.1. The summed E-state index contributed by atoms with van der Waals surface area (Å²) in [6.07, 6.45) is 1.81. The average molecular weight is 315 g/mol. The van der Waals surface area contributed by atoms with Gasteiger partial charge in [-0.1, -0.05) is 68.9 Å². The number of aromatic nitrogens is 3. The highest BCUT2D eigenvalue weighted by molar-refractivity contribution is 7.99. The van der Waals surface area contributed by atoms with E-state index in [0.29, 0.717) is 12.3 Å². The van der Waals surface area contributed by atoms with Gasteiger partial charge in [0.1, 0.15) is 5.78 Å². The van der Waals surface area contributed by atoms with Crippen molar-refractivity contribution in [1.29, 1.82) is 0 Å². The molecule has 116 valence electrons. The molecule has 5 heteroatoms. The molecule has 0 spiro atoms. The molecular formula is C17H21N3OS. The maximum Gasteiger partial charge on any atom is 0.192 e. The van der Waals surface area contributed by atoms with Gasteiger partial charge in [-0.25, -0.2) is 0 Å². The first-order valence-corrected chi connectivity index (χ1v) is 8.17. The molecular weight excluding hydrogens is 294 g/mol. The fourth-order valence-corrected chi connectivity index (χ4v) is 2.95. The highest BCUT2D eigenvalue weighted by Gasteiger charge is 2.22. The van der Waals surface area contributed by atoms with Gasteiger partial charge in [0.25, 0.3) is 0 Å². The first-order chi connectivity index (χ1) is 10.4. The average Bonchev–Trinajstić information content (AvgIpc) is 2.88. The minimum absolute atomic E-state index is 0.201. The van der Waals surface area contributed by atoms with Crippen molar-refractivity contribution < 1.29 is 4.79 Å². The number of benzene rings is 1. The summed E-state index contributed by atoms with van der Waals surface area (Å²) in [5.74, 6) is 1.39. The summed E-state index contributed by atoms with van der Waals surface area (Å²) < 4.78 is 1.99. The highest BCUT2D eigenvalue weighted by atomic mass is 32.2. The molecule has 22 heavy (non-hydrogen) atoms. The zero-order chi connectivity index (χ0) is 16.2. The smallest absolute Gasteiger partial charge is 0.192 e. The van der Waals surface area contributed by atoms with Crippen molar-refractivity contribution in [3.8, 4) is 11.4 Å².